The van der Waals surface area contributed by atoms with Crippen LogP contribution in [0.2, 0.25) is 5.02 Å². The van der Waals surface area contributed by atoms with E-state index < -0.39 is 0 Å². The van der Waals surface area contributed by atoms with Gasteiger partial charge in [-0.2, -0.15) is 5.10 Å². The summed E-state index contributed by atoms with van der Waals surface area (Å²) >= 11 is 6.23. The minimum atomic E-state index is 0.0551. The summed E-state index contributed by atoms with van der Waals surface area (Å²) in [7, 11) is 0. The van der Waals surface area contributed by atoms with E-state index in [0.29, 0.717) is 5.02 Å². The van der Waals surface area contributed by atoms with Crippen molar-refractivity contribution in [3.8, 4) is 11.5 Å². The van der Waals surface area contributed by atoms with Crippen LogP contribution in [-0.2, 0) is 0 Å². The van der Waals surface area contributed by atoms with Crippen LogP contribution < -0.4 is 20.2 Å². The van der Waals surface area contributed by atoms with Crippen LogP contribution in [-0.4, -0.2) is 12.5 Å². The first kappa shape index (κ1) is 17.0. The summed E-state index contributed by atoms with van der Waals surface area (Å²) in [4.78, 5) is 0. The van der Waals surface area contributed by atoms with Gasteiger partial charge in [0.25, 0.3) is 0 Å². The van der Waals surface area contributed by atoms with Gasteiger partial charge in [-0.05, 0) is 54.1 Å². The third-order valence-corrected chi connectivity index (χ3v) is 5.25. The van der Waals surface area contributed by atoms with Gasteiger partial charge in [0.05, 0.1) is 17.4 Å². The van der Waals surface area contributed by atoms with Crippen molar-refractivity contribution in [2.24, 2.45) is 5.10 Å². The van der Waals surface area contributed by atoms with Crippen molar-refractivity contribution in [2.45, 2.75) is 12.5 Å². The molecular weight excluding hydrogens is 374 g/mol. The number of rotatable bonds is 3. The molecule has 2 heterocycles. The van der Waals surface area contributed by atoms with Crippen LogP contribution in [0.25, 0.3) is 0 Å². The average Bonchev–Trinajstić information content (AvgIpc) is 3.35. The molecule has 2 aliphatic heterocycles. The highest BCUT2D eigenvalue weighted by Gasteiger charge is 2.30. The molecule has 6 heteroatoms. The zero-order chi connectivity index (χ0) is 19.1. The first-order valence-corrected chi connectivity index (χ1v) is 9.43. The van der Waals surface area contributed by atoms with Crippen molar-refractivity contribution in [2.75, 3.05) is 17.5 Å². The third kappa shape index (κ3) is 3.04. The minimum Gasteiger partial charge on any atom is -0.454 e. The monoisotopic (exact) mass is 391 g/mol. The maximum Gasteiger partial charge on any atom is 0.231 e. The number of nitrogens with two attached hydrogens (primary N) is 1. The SMILES string of the molecule is Nc1ccc(C2CC(c3ccc4c(c3)OCO4)=NN2c2cccc(Cl)c2)cc1. The number of nitrogens with zero attached hydrogens (tertiary/aromatic N) is 2. The number of hydrazone groups is 1. The van der Waals surface area contributed by atoms with E-state index in [-0.39, 0.29) is 12.8 Å². The Kier molecular flexibility index (Phi) is 4.10. The molecule has 0 radical (unpaired) electrons. The molecule has 0 saturated carbocycles. The molecule has 0 bridgehead atoms. The summed E-state index contributed by atoms with van der Waals surface area (Å²) in [5.74, 6) is 1.52. The van der Waals surface area contributed by atoms with Gasteiger partial charge >= 0.3 is 0 Å². The molecule has 0 aliphatic carbocycles. The zero-order valence-corrected chi connectivity index (χ0v) is 15.8. The third-order valence-electron chi connectivity index (χ3n) is 5.01. The lowest BCUT2D eigenvalue weighted by Gasteiger charge is -2.24. The molecule has 0 amide bonds. The van der Waals surface area contributed by atoms with E-state index in [2.05, 4.69) is 12.1 Å². The molecule has 3 aromatic rings. The van der Waals surface area contributed by atoms with E-state index in [0.717, 1.165) is 46.1 Å². The molecule has 0 saturated heterocycles. The molecule has 0 aromatic heterocycles. The van der Waals surface area contributed by atoms with E-state index in [4.69, 9.17) is 31.9 Å². The topological polar surface area (TPSA) is 60.1 Å². The molecule has 5 rings (SSSR count). The smallest absolute Gasteiger partial charge is 0.231 e. The molecule has 28 heavy (non-hydrogen) atoms. The summed E-state index contributed by atoms with van der Waals surface area (Å²) in [5, 5.41) is 7.65. The van der Waals surface area contributed by atoms with Crippen LogP contribution in [0.15, 0.2) is 71.8 Å². The number of hydrogen-bond donors (Lipinski definition) is 1. The van der Waals surface area contributed by atoms with E-state index in [1.807, 2.05) is 59.6 Å². The highest BCUT2D eigenvalue weighted by Crippen LogP contribution is 2.39. The highest BCUT2D eigenvalue weighted by molar-refractivity contribution is 6.30. The van der Waals surface area contributed by atoms with Gasteiger partial charge in [-0.15, -0.1) is 0 Å². The molecule has 2 aliphatic rings. The molecule has 3 aromatic carbocycles. The molecule has 1 unspecified atom stereocenters. The Balaban J connectivity index is 1.55. The van der Waals surface area contributed by atoms with Crippen molar-refractivity contribution < 1.29 is 9.47 Å². The van der Waals surface area contributed by atoms with Crippen LogP contribution in [0.4, 0.5) is 11.4 Å². The van der Waals surface area contributed by atoms with Crippen LogP contribution in [0.5, 0.6) is 11.5 Å². The lowest BCUT2D eigenvalue weighted by atomic mass is 9.98. The maximum atomic E-state index is 6.23. The Hall–Kier alpha value is -3.18. The standard InChI is InChI=1S/C22H18ClN3O2/c23-16-2-1-3-18(11-16)26-20(14-4-7-17(24)8-5-14)12-19(25-26)15-6-9-21-22(10-15)28-13-27-21/h1-11,20H,12-13,24H2. The number of hydrogen-bond acceptors (Lipinski definition) is 5. The number of halogens is 1. The van der Waals surface area contributed by atoms with Crippen LogP contribution in [0.1, 0.15) is 23.6 Å². The zero-order valence-electron chi connectivity index (χ0n) is 15.0. The number of fused-ring (bicyclic) bond motifs is 1. The van der Waals surface area contributed by atoms with Gasteiger partial charge in [0.1, 0.15) is 0 Å². The Morgan fingerprint density at radius 1 is 0.964 bits per heavy atom. The van der Waals surface area contributed by atoms with Gasteiger partial charge in [0.15, 0.2) is 11.5 Å². The Bertz CT molecular complexity index is 1070. The molecule has 5 nitrogen and oxygen atoms in total. The summed E-state index contributed by atoms with van der Waals surface area (Å²) < 4.78 is 11.0. The average molecular weight is 392 g/mol. The molecule has 2 N–H and O–H groups in total. The predicted molar refractivity (Wildman–Crippen MR) is 111 cm³/mol. The summed E-state index contributed by atoms with van der Waals surface area (Å²) in [5.41, 5.74) is 10.7. The predicted octanol–water partition coefficient (Wildman–Crippen LogP) is 5.01. The molecular formula is C22H18ClN3O2. The molecule has 140 valence electrons. The molecule has 0 spiro atoms. The van der Waals surface area contributed by atoms with Crippen LogP contribution in [0.3, 0.4) is 0 Å². The second-order valence-corrected chi connectivity index (χ2v) is 7.26. The van der Waals surface area contributed by atoms with Gasteiger partial charge in [-0.1, -0.05) is 29.8 Å². The molecule has 1 atom stereocenters. The van der Waals surface area contributed by atoms with Crippen molar-refractivity contribution in [1.29, 1.82) is 0 Å². The number of ether oxygens (including phenoxy) is 2. The number of nitrogen functional groups attached to an aromatic ring is 1. The van der Waals surface area contributed by atoms with Crippen molar-refractivity contribution in [1.82, 2.24) is 0 Å². The van der Waals surface area contributed by atoms with E-state index in [9.17, 15) is 0 Å². The Labute approximate surface area is 167 Å². The van der Waals surface area contributed by atoms with Crippen molar-refractivity contribution in [3.63, 3.8) is 0 Å². The summed E-state index contributed by atoms with van der Waals surface area (Å²) in [6.07, 6.45) is 0.760. The van der Waals surface area contributed by atoms with Gasteiger partial charge in [0, 0.05) is 22.7 Å². The molecule has 0 fully saturated rings. The van der Waals surface area contributed by atoms with Crippen molar-refractivity contribution >= 4 is 28.7 Å². The largest absolute Gasteiger partial charge is 0.454 e. The highest BCUT2D eigenvalue weighted by atomic mass is 35.5. The fourth-order valence-electron chi connectivity index (χ4n) is 3.60. The summed E-state index contributed by atoms with van der Waals surface area (Å²) in [6.45, 7) is 0.258. The lowest BCUT2D eigenvalue weighted by Crippen LogP contribution is -2.18. The quantitative estimate of drug-likeness (QED) is 0.638. The first-order chi connectivity index (χ1) is 13.7. The van der Waals surface area contributed by atoms with Crippen LogP contribution in [0, 0.1) is 0 Å². The lowest BCUT2D eigenvalue weighted by molar-refractivity contribution is 0.174. The second kappa shape index (κ2) is 6.77. The van der Waals surface area contributed by atoms with Crippen molar-refractivity contribution in [3.05, 3.63) is 82.9 Å². The summed E-state index contributed by atoms with van der Waals surface area (Å²) in [6, 6.07) is 21.7. The van der Waals surface area contributed by atoms with E-state index in [1.54, 1.807) is 0 Å². The van der Waals surface area contributed by atoms with Gasteiger partial charge in [-0.3, -0.25) is 5.01 Å². The van der Waals surface area contributed by atoms with Gasteiger partial charge in [-0.25, -0.2) is 0 Å². The Morgan fingerprint density at radius 2 is 1.79 bits per heavy atom. The number of benzene rings is 3. The maximum absolute atomic E-state index is 6.23. The minimum absolute atomic E-state index is 0.0551. The Morgan fingerprint density at radius 3 is 2.61 bits per heavy atom. The fraction of sp³-hybridized carbons (Fsp3) is 0.136. The number of anilines is 2. The van der Waals surface area contributed by atoms with E-state index in [1.165, 1.54) is 0 Å². The fourth-order valence-corrected chi connectivity index (χ4v) is 3.78. The second-order valence-electron chi connectivity index (χ2n) is 6.83. The van der Waals surface area contributed by atoms with Crippen LogP contribution >= 0.6 is 11.6 Å². The van der Waals surface area contributed by atoms with Gasteiger partial charge < -0.3 is 15.2 Å². The van der Waals surface area contributed by atoms with E-state index >= 15 is 0 Å². The van der Waals surface area contributed by atoms with Gasteiger partial charge in [0.2, 0.25) is 6.79 Å². The normalized spacial score (nSPS) is 17.7. The first-order valence-electron chi connectivity index (χ1n) is 9.05.